The van der Waals surface area contributed by atoms with Crippen LogP contribution in [0.25, 0.3) is 21.9 Å². The molecule has 0 atom stereocenters. The van der Waals surface area contributed by atoms with Crippen molar-refractivity contribution in [1.29, 1.82) is 0 Å². The summed E-state index contributed by atoms with van der Waals surface area (Å²) in [5.74, 6) is 0.959. The molecule has 0 aliphatic heterocycles. The minimum absolute atomic E-state index is 0.355. The third-order valence-corrected chi connectivity index (χ3v) is 4.81. The van der Waals surface area contributed by atoms with Gasteiger partial charge in [-0.25, -0.2) is 23.1 Å². The molecule has 10 heteroatoms. The summed E-state index contributed by atoms with van der Waals surface area (Å²) < 4.78 is 26.9. The highest BCUT2D eigenvalue weighted by Crippen LogP contribution is 2.28. The van der Waals surface area contributed by atoms with Gasteiger partial charge in [0.15, 0.2) is 11.6 Å². The van der Waals surface area contributed by atoms with E-state index in [1.54, 1.807) is 0 Å². The minimum Gasteiger partial charge on any atom is -0.399 e. The second-order valence-electron chi connectivity index (χ2n) is 6.12. The topological polar surface area (TPSA) is 124 Å². The Bertz CT molecular complexity index is 1090. The molecule has 3 aromatic rings. The summed E-state index contributed by atoms with van der Waals surface area (Å²) in [4.78, 5) is 13.8. The molecule has 3 rings (SSSR count). The Kier molecular flexibility index (Phi) is 5.57. The van der Waals surface area contributed by atoms with Gasteiger partial charge in [-0.1, -0.05) is 23.4 Å². The molecular weight excluding hydrogens is 368 g/mol. The fourth-order valence-electron chi connectivity index (χ4n) is 2.95. The van der Waals surface area contributed by atoms with Crippen LogP contribution in [0.4, 0.5) is 5.82 Å². The van der Waals surface area contributed by atoms with Crippen LogP contribution in [0.5, 0.6) is 0 Å². The first-order chi connectivity index (χ1) is 12.9. The van der Waals surface area contributed by atoms with E-state index >= 15 is 0 Å². The molecule has 0 unspecified atom stereocenters. The molecule has 0 aliphatic carbocycles. The Morgan fingerprint density at radius 3 is 2.81 bits per heavy atom. The number of nitrogen functional groups attached to an aromatic ring is 1. The largest absolute Gasteiger partial charge is 0.399 e. The van der Waals surface area contributed by atoms with Crippen molar-refractivity contribution in [1.82, 2.24) is 19.3 Å². The van der Waals surface area contributed by atoms with Gasteiger partial charge in [-0.05, 0) is 18.9 Å². The van der Waals surface area contributed by atoms with Crippen LogP contribution in [0.1, 0.15) is 18.7 Å². The normalized spacial score (nSPS) is 12.4. The first-order valence-corrected chi connectivity index (χ1v) is 10.4. The summed E-state index contributed by atoms with van der Waals surface area (Å²) in [7, 11) is -1.72. The van der Waals surface area contributed by atoms with Crippen LogP contribution in [0.2, 0.25) is 0 Å². The van der Waals surface area contributed by atoms with E-state index in [0.717, 1.165) is 29.1 Å². The maximum atomic E-state index is 11.2. The molecule has 0 amide bonds. The molecule has 144 valence electrons. The predicted octanol–water partition coefficient (Wildman–Crippen LogP) is 1.48. The van der Waals surface area contributed by atoms with Gasteiger partial charge in [0.2, 0.25) is 10.0 Å². The third kappa shape index (κ3) is 4.34. The molecule has 0 bridgehead atoms. The van der Waals surface area contributed by atoms with E-state index in [1.807, 2.05) is 28.8 Å². The van der Waals surface area contributed by atoms with Crippen LogP contribution >= 0.6 is 0 Å². The Hall–Kier alpha value is -2.72. The van der Waals surface area contributed by atoms with Crippen LogP contribution in [0.3, 0.4) is 0 Å². The average Bonchev–Trinajstić information content (AvgIpc) is 2.98. The summed E-state index contributed by atoms with van der Waals surface area (Å²) in [6.07, 6.45) is 4.12. The number of fused-ring (bicyclic) bond motifs is 3. The highest BCUT2D eigenvalue weighted by atomic mass is 32.2. The average molecular weight is 390 g/mol. The minimum atomic E-state index is -3.18. The number of oxime groups is 1. The number of imidazole rings is 1. The van der Waals surface area contributed by atoms with Crippen molar-refractivity contribution in [3.8, 4) is 0 Å². The van der Waals surface area contributed by atoms with E-state index in [0.29, 0.717) is 36.7 Å². The molecule has 0 aliphatic rings. The predicted molar refractivity (Wildman–Crippen MR) is 106 cm³/mol. The zero-order valence-electron chi connectivity index (χ0n) is 15.2. The number of nitrogens with zero attached hydrogens (tertiary/aromatic N) is 4. The number of anilines is 1. The second kappa shape index (κ2) is 7.89. The van der Waals surface area contributed by atoms with E-state index in [9.17, 15) is 8.42 Å². The number of para-hydroxylation sites is 1. The van der Waals surface area contributed by atoms with Crippen molar-refractivity contribution < 1.29 is 13.3 Å². The molecule has 27 heavy (non-hydrogen) atoms. The number of benzene rings is 1. The SMILES string of the molecule is CO/N=C/c1nc2c(N)nc3ccccc3c2n1CCCCNS(C)(=O)=O. The lowest BCUT2D eigenvalue weighted by atomic mass is 10.2. The molecule has 0 fully saturated rings. The molecule has 2 heterocycles. The number of unbranched alkanes of at least 4 members (excludes halogenated alkanes) is 1. The van der Waals surface area contributed by atoms with Gasteiger partial charge in [-0.15, -0.1) is 0 Å². The molecule has 0 radical (unpaired) electrons. The first-order valence-electron chi connectivity index (χ1n) is 8.46. The number of nitrogens with two attached hydrogens (primary N) is 1. The lowest BCUT2D eigenvalue weighted by molar-refractivity contribution is 0.215. The van der Waals surface area contributed by atoms with Crippen molar-refractivity contribution in [2.45, 2.75) is 19.4 Å². The number of aromatic nitrogens is 3. The van der Waals surface area contributed by atoms with Gasteiger partial charge in [-0.3, -0.25) is 0 Å². The number of sulfonamides is 1. The quantitative estimate of drug-likeness (QED) is 0.341. The standard InChI is InChI=1S/C17H22N6O3S/c1-26-19-11-14-22-15-16(12-7-3-4-8-13(12)21-17(15)18)23(14)10-6-5-9-20-27(2,24)25/h3-4,7-8,11,20H,5-6,9-10H2,1-2H3,(H2,18,21)/b19-11+. The lowest BCUT2D eigenvalue weighted by Crippen LogP contribution is -2.23. The summed E-state index contributed by atoms with van der Waals surface area (Å²) in [5.41, 5.74) is 8.40. The molecule has 0 spiro atoms. The summed E-state index contributed by atoms with van der Waals surface area (Å²) >= 11 is 0. The summed E-state index contributed by atoms with van der Waals surface area (Å²) in [5, 5.41) is 4.77. The van der Waals surface area contributed by atoms with Crippen molar-refractivity contribution in [3.63, 3.8) is 0 Å². The number of aryl methyl sites for hydroxylation is 1. The summed E-state index contributed by atoms with van der Waals surface area (Å²) in [6, 6.07) is 7.73. The molecule has 0 saturated carbocycles. The highest BCUT2D eigenvalue weighted by molar-refractivity contribution is 7.88. The van der Waals surface area contributed by atoms with Gasteiger partial charge >= 0.3 is 0 Å². The van der Waals surface area contributed by atoms with Gasteiger partial charge in [-0.2, -0.15) is 0 Å². The number of pyridine rings is 1. The van der Waals surface area contributed by atoms with Crippen molar-refractivity contribution in [2.24, 2.45) is 5.16 Å². The number of rotatable bonds is 8. The Morgan fingerprint density at radius 2 is 2.07 bits per heavy atom. The zero-order valence-corrected chi connectivity index (χ0v) is 16.0. The van der Waals surface area contributed by atoms with Crippen LogP contribution in [-0.2, 0) is 21.4 Å². The van der Waals surface area contributed by atoms with E-state index in [4.69, 9.17) is 10.6 Å². The van der Waals surface area contributed by atoms with Gasteiger partial charge in [0, 0.05) is 18.5 Å². The second-order valence-corrected chi connectivity index (χ2v) is 7.96. The molecular formula is C17H22N6O3S. The van der Waals surface area contributed by atoms with E-state index < -0.39 is 10.0 Å². The van der Waals surface area contributed by atoms with Crippen LogP contribution < -0.4 is 10.5 Å². The van der Waals surface area contributed by atoms with Gasteiger partial charge in [0.05, 0.1) is 17.3 Å². The Balaban J connectivity index is 1.98. The maximum absolute atomic E-state index is 11.2. The first kappa shape index (κ1) is 19.1. The molecule has 0 saturated heterocycles. The fourth-order valence-corrected chi connectivity index (χ4v) is 3.47. The Labute approximate surface area is 157 Å². The fraction of sp³-hybridized carbons (Fsp3) is 0.353. The third-order valence-electron chi connectivity index (χ3n) is 4.09. The highest BCUT2D eigenvalue weighted by Gasteiger charge is 2.16. The lowest BCUT2D eigenvalue weighted by Gasteiger charge is -2.09. The Morgan fingerprint density at radius 1 is 1.30 bits per heavy atom. The van der Waals surface area contributed by atoms with Crippen LogP contribution in [0, 0.1) is 0 Å². The van der Waals surface area contributed by atoms with E-state index in [2.05, 4.69) is 19.8 Å². The zero-order chi connectivity index (χ0) is 19.4. The van der Waals surface area contributed by atoms with Crippen LogP contribution in [0.15, 0.2) is 29.4 Å². The smallest absolute Gasteiger partial charge is 0.208 e. The molecule has 9 nitrogen and oxygen atoms in total. The molecule has 2 aromatic heterocycles. The van der Waals surface area contributed by atoms with E-state index in [1.165, 1.54) is 13.3 Å². The molecule has 3 N–H and O–H groups in total. The van der Waals surface area contributed by atoms with E-state index in [-0.39, 0.29) is 0 Å². The van der Waals surface area contributed by atoms with Gasteiger partial charge in [0.1, 0.15) is 18.8 Å². The van der Waals surface area contributed by atoms with Crippen molar-refractivity contribution >= 4 is 44.0 Å². The molecule has 1 aromatic carbocycles. The number of nitrogens with one attached hydrogen (secondary N) is 1. The number of hydrogen-bond donors (Lipinski definition) is 2. The van der Waals surface area contributed by atoms with Crippen molar-refractivity contribution in [3.05, 3.63) is 30.1 Å². The summed E-state index contributed by atoms with van der Waals surface area (Å²) in [6.45, 7) is 1.01. The maximum Gasteiger partial charge on any atom is 0.208 e. The van der Waals surface area contributed by atoms with Gasteiger partial charge < -0.3 is 15.1 Å². The monoisotopic (exact) mass is 390 g/mol. The number of hydrogen-bond acceptors (Lipinski definition) is 7. The van der Waals surface area contributed by atoms with Crippen molar-refractivity contribution in [2.75, 3.05) is 25.6 Å². The van der Waals surface area contributed by atoms with Crippen LogP contribution in [-0.4, -0.2) is 49.1 Å². The van der Waals surface area contributed by atoms with Gasteiger partial charge in [0.25, 0.3) is 0 Å².